The molecule has 1 amide bonds. The fraction of sp³-hybridized carbons (Fsp3) is 0.667. The number of likely N-dealkylation sites (tertiary alicyclic amines) is 1. The fourth-order valence-electron chi connectivity index (χ4n) is 2.41. The number of aromatic nitrogens is 2. The van der Waals surface area contributed by atoms with Crippen LogP contribution in [0.2, 0.25) is 0 Å². The summed E-state index contributed by atoms with van der Waals surface area (Å²) in [4.78, 5) is 24.6. The Morgan fingerprint density at radius 2 is 2.05 bits per heavy atom. The average molecular weight is 371 g/mol. The minimum atomic E-state index is -0.468. The molecule has 7 heteroatoms. The van der Waals surface area contributed by atoms with Crippen molar-refractivity contribution >= 4 is 28.0 Å². The Morgan fingerprint density at radius 1 is 1.41 bits per heavy atom. The molecule has 1 aliphatic heterocycles. The van der Waals surface area contributed by atoms with E-state index in [1.807, 2.05) is 32.7 Å². The van der Waals surface area contributed by atoms with Gasteiger partial charge in [-0.05, 0) is 49.5 Å². The number of hydrogen-bond acceptors (Lipinski definition) is 5. The van der Waals surface area contributed by atoms with E-state index in [1.54, 1.807) is 17.3 Å². The summed E-state index contributed by atoms with van der Waals surface area (Å²) in [6, 6.07) is 0.197. The SMILES string of the molecule is CN(c1ncc(Br)cn1)C1CCCN(C(=O)OC(C)(C)C)C1. The van der Waals surface area contributed by atoms with Crippen molar-refractivity contribution in [2.75, 3.05) is 25.0 Å². The third-order valence-electron chi connectivity index (χ3n) is 3.52. The summed E-state index contributed by atoms with van der Waals surface area (Å²) in [7, 11) is 1.96. The van der Waals surface area contributed by atoms with Gasteiger partial charge in [-0.2, -0.15) is 0 Å². The van der Waals surface area contributed by atoms with Crippen molar-refractivity contribution in [1.29, 1.82) is 0 Å². The summed E-state index contributed by atoms with van der Waals surface area (Å²) < 4.78 is 6.31. The van der Waals surface area contributed by atoms with Gasteiger partial charge in [0.25, 0.3) is 0 Å². The van der Waals surface area contributed by atoms with E-state index in [0.29, 0.717) is 12.5 Å². The molecule has 0 radical (unpaired) electrons. The van der Waals surface area contributed by atoms with Gasteiger partial charge in [0.15, 0.2) is 0 Å². The maximum Gasteiger partial charge on any atom is 0.410 e. The Morgan fingerprint density at radius 3 is 2.64 bits per heavy atom. The Bertz CT molecular complexity index is 515. The third kappa shape index (κ3) is 4.56. The topological polar surface area (TPSA) is 58.6 Å². The molecule has 1 aromatic heterocycles. The average Bonchev–Trinajstić information content (AvgIpc) is 2.46. The molecule has 0 bridgehead atoms. The largest absolute Gasteiger partial charge is 0.444 e. The summed E-state index contributed by atoms with van der Waals surface area (Å²) in [5.41, 5.74) is -0.468. The number of halogens is 1. The second-order valence-electron chi connectivity index (χ2n) is 6.53. The van der Waals surface area contributed by atoms with Gasteiger partial charge in [-0.1, -0.05) is 0 Å². The number of anilines is 1. The highest BCUT2D eigenvalue weighted by Gasteiger charge is 2.30. The third-order valence-corrected chi connectivity index (χ3v) is 3.93. The normalized spacial score (nSPS) is 19.0. The lowest BCUT2D eigenvalue weighted by Gasteiger charge is -2.38. The van der Waals surface area contributed by atoms with Crippen LogP contribution in [-0.2, 0) is 4.74 Å². The van der Waals surface area contributed by atoms with E-state index in [2.05, 4.69) is 25.9 Å². The number of likely N-dealkylation sites (N-methyl/N-ethyl adjacent to an activating group) is 1. The van der Waals surface area contributed by atoms with E-state index in [0.717, 1.165) is 23.9 Å². The molecule has 0 saturated carbocycles. The molecule has 22 heavy (non-hydrogen) atoms. The number of carbonyl (C=O) groups excluding carboxylic acids is 1. The van der Waals surface area contributed by atoms with Crippen LogP contribution >= 0.6 is 15.9 Å². The number of piperidine rings is 1. The lowest BCUT2D eigenvalue weighted by Crippen LogP contribution is -2.50. The van der Waals surface area contributed by atoms with E-state index in [4.69, 9.17) is 4.74 Å². The van der Waals surface area contributed by atoms with E-state index >= 15 is 0 Å². The van der Waals surface area contributed by atoms with Crippen LogP contribution in [0.3, 0.4) is 0 Å². The Hall–Kier alpha value is -1.37. The summed E-state index contributed by atoms with van der Waals surface area (Å²) in [5, 5.41) is 0. The quantitative estimate of drug-likeness (QED) is 0.800. The number of nitrogens with zero attached hydrogens (tertiary/aromatic N) is 4. The molecule has 1 aliphatic rings. The predicted molar refractivity (Wildman–Crippen MR) is 89.0 cm³/mol. The molecular weight excluding hydrogens is 348 g/mol. The molecule has 0 aromatic carbocycles. The lowest BCUT2D eigenvalue weighted by atomic mass is 10.1. The van der Waals surface area contributed by atoms with Gasteiger partial charge in [-0.15, -0.1) is 0 Å². The molecule has 1 saturated heterocycles. The van der Waals surface area contributed by atoms with Crippen LogP contribution in [-0.4, -0.2) is 52.7 Å². The Labute approximate surface area is 140 Å². The highest BCUT2D eigenvalue weighted by molar-refractivity contribution is 9.10. The smallest absolute Gasteiger partial charge is 0.410 e. The van der Waals surface area contributed by atoms with Gasteiger partial charge < -0.3 is 14.5 Å². The van der Waals surface area contributed by atoms with E-state index in [1.165, 1.54) is 0 Å². The van der Waals surface area contributed by atoms with Crippen molar-refractivity contribution in [3.8, 4) is 0 Å². The summed E-state index contributed by atoms with van der Waals surface area (Å²) >= 11 is 3.33. The first-order valence-corrected chi connectivity index (χ1v) is 8.24. The number of carbonyl (C=O) groups is 1. The summed E-state index contributed by atoms with van der Waals surface area (Å²) in [5.74, 6) is 0.666. The molecule has 0 aliphatic carbocycles. The molecule has 2 heterocycles. The first-order chi connectivity index (χ1) is 10.3. The zero-order valence-electron chi connectivity index (χ0n) is 13.5. The molecule has 0 N–H and O–H groups in total. The number of hydrogen-bond donors (Lipinski definition) is 0. The first kappa shape index (κ1) is 17.0. The van der Waals surface area contributed by atoms with E-state index in [9.17, 15) is 4.79 Å². The van der Waals surface area contributed by atoms with Gasteiger partial charge in [0.05, 0.1) is 4.47 Å². The number of amides is 1. The van der Waals surface area contributed by atoms with Gasteiger partial charge in [-0.25, -0.2) is 14.8 Å². The fourth-order valence-corrected chi connectivity index (χ4v) is 2.62. The molecule has 0 spiro atoms. The van der Waals surface area contributed by atoms with Gasteiger partial charge >= 0.3 is 6.09 Å². The van der Waals surface area contributed by atoms with Crippen molar-refractivity contribution < 1.29 is 9.53 Å². The monoisotopic (exact) mass is 370 g/mol. The molecule has 1 atom stereocenters. The van der Waals surface area contributed by atoms with Crippen LogP contribution in [0.4, 0.5) is 10.7 Å². The molecule has 1 unspecified atom stereocenters. The van der Waals surface area contributed by atoms with E-state index < -0.39 is 5.60 Å². The second-order valence-corrected chi connectivity index (χ2v) is 7.45. The maximum absolute atomic E-state index is 12.2. The zero-order chi connectivity index (χ0) is 16.3. The Kier molecular flexibility index (Phi) is 5.26. The zero-order valence-corrected chi connectivity index (χ0v) is 15.1. The van der Waals surface area contributed by atoms with Gasteiger partial charge in [-0.3, -0.25) is 0 Å². The van der Waals surface area contributed by atoms with Crippen molar-refractivity contribution in [2.45, 2.75) is 45.3 Å². The van der Waals surface area contributed by atoms with Gasteiger partial charge in [0.2, 0.25) is 5.95 Å². The highest BCUT2D eigenvalue weighted by Crippen LogP contribution is 2.21. The predicted octanol–water partition coefficient (Wildman–Crippen LogP) is 3.07. The number of ether oxygens (including phenoxy) is 1. The Balaban J connectivity index is 2.00. The van der Waals surface area contributed by atoms with Crippen LogP contribution < -0.4 is 4.90 Å². The molecule has 6 nitrogen and oxygen atoms in total. The molecule has 122 valence electrons. The van der Waals surface area contributed by atoms with Crippen LogP contribution in [0.25, 0.3) is 0 Å². The summed E-state index contributed by atoms with van der Waals surface area (Å²) in [6.45, 7) is 7.02. The molecule has 1 fully saturated rings. The van der Waals surface area contributed by atoms with Crippen molar-refractivity contribution in [3.63, 3.8) is 0 Å². The second kappa shape index (κ2) is 6.81. The van der Waals surface area contributed by atoms with Crippen LogP contribution in [0.15, 0.2) is 16.9 Å². The maximum atomic E-state index is 12.2. The first-order valence-electron chi connectivity index (χ1n) is 7.44. The van der Waals surface area contributed by atoms with Crippen LogP contribution in [0.1, 0.15) is 33.6 Å². The van der Waals surface area contributed by atoms with E-state index in [-0.39, 0.29) is 12.1 Å². The minimum absolute atomic E-state index is 0.197. The molecule has 1 aromatic rings. The lowest BCUT2D eigenvalue weighted by molar-refractivity contribution is 0.0199. The van der Waals surface area contributed by atoms with Crippen LogP contribution in [0, 0.1) is 0 Å². The number of rotatable bonds is 2. The molecule has 2 rings (SSSR count). The molecular formula is C15H23BrN4O2. The van der Waals surface area contributed by atoms with Crippen molar-refractivity contribution in [2.24, 2.45) is 0 Å². The van der Waals surface area contributed by atoms with Crippen molar-refractivity contribution in [3.05, 3.63) is 16.9 Å². The highest BCUT2D eigenvalue weighted by atomic mass is 79.9. The summed E-state index contributed by atoms with van der Waals surface area (Å²) in [6.07, 6.45) is 5.17. The van der Waals surface area contributed by atoms with Crippen molar-refractivity contribution in [1.82, 2.24) is 14.9 Å². The van der Waals surface area contributed by atoms with Crippen LogP contribution in [0.5, 0.6) is 0 Å². The van der Waals surface area contributed by atoms with Gasteiger partial charge in [0, 0.05) is 38.6 Å². The minimum Gasteiger partial charge on any atom is -0.444 e. The standard InChI is InChI=1S/C15H23BrN4O2/c1-15(2,3)22-14(21)20-7-5-6-12(10-20)19(4)13-17-8-11(16)9-18-13/h8-9,12H,5-7,10H2,1-4H3. The van der Waals surface area contributed by atoms with Gasteiger partial charge in [0.1, 0.15) is 5.60 Å².